The summed E-state index contributed by atoms with van der Waals surface area (Å²) in [5.41, 5.74) is 5.93. The maximum atomic E-state index is 5.92. The van der Waals surface area contributed by atoms with Crippen LogP contribution in [0.3, 0.4) is 0 Å². The number of ether oxygens (including phenoxy) is 2. The molecular formula is C38H60N10O2Si2. The zero-order valence-corrected chi connectivity index (χ0v) is 34.4. The summed E-state index contributed by atoms with van der Waals surface area (Å²) in [5.74, 6) is 6.71. The first-order valence-electron chi connectivity index (χ1n) is 19.4. The lowest BCUT2D eigenvalue weighted by Gasteiger charge is -2.22. The van der Waals surface area contributed by atoms with Gasteiger partial charge < -0.3 is 24.5 Å². The Morgan fingerprint density at radius 3 is 1.94 bits per heavy atom. The van der Waals surface area contributed by atoms with Gasteiger partial charge in [0, 0.05) is 64.4 Å². The lowest BCUT2D eigenvalue weighted by atomic mass is 9.84. The molecule has 5 heterocycles. The third kappa shape index (κ3) is 9.55. The molecule has 0 amide bonds. The summed E-state index contributed by atoms with van der Waals surface area (Å²) in [6.45, 7) is 16.9. The summed E-state index contributed by atoms with van der Waals surface area (Å²) < 4.78 is 17.8. The smallest absolute Gasteiger partial charge is 0.145 e. The highest BCUT2D eigenvalue weighted by molar-refractivity contribution is 6.76. The summed E-state index contributed by atoms with van der Waals surface area (Å²) in [5, 5.41) is 15.1. The Hall–Kier alpha value is -3.47. The van der Waals surface area contributed by atoms with Crippen LogP contribution in [0.4, 0.5) is 0 Å². The minimum Gasteiger partial charge on any atom is -0.361 e. The molecule has 2 saturated carbocycles. The first-order valence-corrected chi connectivity index (χ1v) is 26.9. The molecule has 0 aromatic carbocycles. The number of fused-ring (bicyclic) bond motifs is 4. The number of aromatic nitrogens is 8. The molecule has 0 radical (unpaired) electrons. The molecule has 0 atom stereocenters. The van der Waals surface area contributed by atoms with Gasteiger partial charge in [-0.25, -0.2) is 19.5 Å². The highest BCUT2D eigenvalue weighted by Gasteiger charge is 2.25. The molecule has 0 bridgehead atoms. The molecule has 7 rings (SSSR count). The van der Waals surface area contributed by atoms with Crippen LogP contribution in [0.1, 0.15) is 81.5 Å². The Bertz CT molecular complexity index is 1920. The predicted octanol–water partition coefficient (Wildman–Crippen LogP) is 8.43. The molecule has 0 unspecified atom stereocenters. The minimum absolute atomic E-state index is 0.406. The van der Waals surface area contributed by atoms with Gasteiger partial charge in [-0.1, -0.05) is 83.0 Å². The lowest BCUT2D eigenvalue weighted by molar-refractivity contribution is 0.0898. The molecule has 0 spiro atoms. The molecule has 282 valence electrons. The van der Waals surface area contributed by atoms with E-state index in [0.29, 0.717) is 25.3 Å². The van der Waals surface area contributed by atoms with Crippen LogP contribution in [-0.4, -0.2) is 74.0 Å². The van der Waals surface area contributed by atoms with Crippen molar-refractivity contribution in [2.45, 2.75) is 135 Å². The number of hydrazone groups is 1. The fourth-order valence-corrected chi connectivity index (χ4v) is 8.95. The van der Waals surface area contributed by atoms with E-state index in [9.17, 15) is 0 Å². The number of nitrogens with two attached hydrogens (primary N) is 1. The van der Waals surface area contributed by atoms with E-state index in [4.69, 9.17) is 15.3 Å². The summed E-state index contributed by atoms with van der Waals surface area (Å²) >= 11 is 0. The third-order valence-electron chi connectivity index (χ3n) is 10.6. The van der Waals surface area contributed by atoms with Crippen LogP contribution >= 0.6 is 0 Å². The molecule has 0 saturated heterocycles. The summed E-state index contributed by atoms with van der Waals surface area (Å²) in [4.78, 5) is 13.6. The Labute approximate surface area is 310 Å². The molecule has 0 aliphatic heterocycles. The van der Waals surface area contributed by atoms with Crippen molar-refractivity contribution >= 4 is 49.4 Å². The van der Waals surface area contributed by atoms with Gasteiger partial charge in [0.05, 0.1) is 17.1 Å². The van der Waals surface area contributed by atoms with E-state index in [-0.39, 0.29) is 0 Å². The van der Waals surface area contributed by atoms with Crippen LogP contribution in [0, 0.1) is 5.92 Å². The fraction of sp³-hybridized carbons (Fsp3) is 0.632. The molecule has 2 N–H and O–H groups in total. The van der Waals surface area contributed by atoms with Gasteiger partial charge in [-0.3, -0.25) is 0 Å². The van der Waals surface area contributed by atoms with Crippen molar-refractivity contribution in [3.05, 3.63) is 48.6 Å². The van der Waals surface area contributed by atoms with Crippen LogP contribution in [-0.2, 0) is 22.9 Å². The first-order chi connectivity index (χ1) is 25.0. The SMILES string of the molecule is C[Si](C)(C)CCOCn1ccc2c(C(=NN)C3CCCCC3)ncnc21.C[Si](C)(C)CCOCn1ccc2c1ncn1nnc(C3CCCCC3)c21. The predicted molar refractivity (Wildman–Crippen MR) is 215 cm³/mol. The van der Waals surface area contributed by atoms with E-state index in [1.54, 1.807) is 12.7 Å². The van der Waals surface area contributed by atoms with Crippen LogP contribution in [0.2, 0.25) is 51.4 Å². The largest absolute Gasteiger partial charge is 0.361 e. The number of hydrogen-bond donors (Lipinski definition) is 1. The van der Waals surface area contributed by atoms with Crippen molar-refractivity contribution in [1.82, 2.24) is 38.9 Å². The zero-order valence-electron chi connectivity index (χ0n) is 32.4. The second-order valence-electron chi connectivity index (χ2n) is 17.2. The van der Waals surface area contributed by atoms with Crippen LogP contribution < -0.4 is 5.84 Å². The molecule has 2 aliphatic rings. The fourth-order valence-electron chi connectivity index (χ4n) is 7.44. The van der Waals surface area contributed by atoms with Crippen molar-refractivity contribution in [2.75, 3.05) is 13.2 Å². The molecule has 12 nitrogen and oxygen atoms in total. The minimum atomic E-state index is -1.07. The number of rotatable bonds is 13. The normalized spacial score (nSPS) is 16.9. The van der Waals surface area contributed by atoms with Crippen molar-refractivity contribution in [2.24, 2.45) is 16.9 Å². The standard InChI is InChI=1S/C19H29N5OSi.C19H31N5OSi/c1-26(2,3)12-11-25-14-23-10-9-16-18-17(15-7-5-4-6-8-15)21-22-24(18)13-20-19(16)23;1-26(2,3)12-11-25-14-24-10-9-16-18(21-13-22-19(16)24)17(23-20)15-7-5-4-6-8-15/h9-10,13,15H,4-8,11-12,14H2,1-3H3;9-10,13,15H,4-8,11-12,14,20H2,1-3H3. The molecule has 2 fully saturated rings. The highest BCUT2D eigenvalue weighted by atomic mass is 28.3. The Morgan fingerprint density at radius 1 is 0.769 bits per heavy atom. The van der Waals surface area contributed by atoms with Crippen molar-refractivity contribution < 1.29 is 9.47 Å². The average Bonchev–Trinajstić information content (AvgIpc) is 3.86. The quantitative estimate of drug-likeness (QED) is 0.0417. The van der Waals surface area contributed by atoms with Gasteiger partial charge in [0.1, 0.15) is 42.9 Å². The van der Waals surface area contributed by atoms with E-state index in [0.717, 1.165) is 76.8 Å². The van der Waals surface area contributed by atoms with E-state index >= 15 is 0 Å². The van der Waals surface area contributed by atoms with Gasteiger partial charge in [0.15, 0.2) is 0 Å². The van der Waals surface area contributed by atoms with Crippen LogP contribution in [0.15, 0.2) is 42.3 Å². The lowest BCUT2D eigenvalue weighted by Crippen LogP contribution is -2.22. The maximum absolute atomic E-state index is 5.92. The van der Waals surface area contributed by atoms with Crippen molar-refractivity contribution in [3.63, 3.8) is 0 Å². The Balaban J connectivity index is 0.000000179. The zero-order chi connectivity index (χ0) is 36.7. The molecule has 52 heavy (non-hydrogen) atoms. The van der Waals surface area contributed by atoms with Gasteiger partial charge in [0.25, 0.3) is 0 Å². The summed E-state index contributed by atoms with van der Waals surface area (Å²) in [7, 11) is -2.13. The molecule has 2 aliphatic carbocycles. The van der Waals surface area contributed by atoms with Crippen LogP contribution in [0.5, 0.6) is 0 Å². The average molecular weight is 745 g/mol. The number of nitrogens with zero attached hydrogens (tertiary/aromatic N) is 9. The van der Waals surface area contributed by atoms with Crippen molar-refractivity contribution in [3.8, 4) is 0 Å². The molecular weight excluding hydrogens is 685 g/mol. The third-order valence-corrected chi connectivity index (χ3v) is 14.0. The molecule has 14 heteroatoms. The van der Waals surface area contributed by atoms with E-state index in [2.05, 4.69) is 92.5 Å². The van der Waals surface area contributed by atoms with E-state index in [1.165, 1.54) is 57.4 Å². The van der Waals surface area contributed by atoms with Gasteiger partial charge in [-0.05, 0) is 49.9 Å². The molecule has 5 aromatic heterocycles. The highest BCUT2D eigenvalue weighted by Crippen LogP contribution is 2.35. The topological polar surface area (TPSA) is 136 Å². The summed E-state index contributed by atoms with van der Waals surface area (Å²) in [6, 6.07) is 6.54. The molecule has 5 aromatic rings. The second kappa shape index (κ2) is 17.1. The van der Waals surface area contributed by atoms with E-state index in [1.807, 2.05) is 15.3 Å². The first kappa shape index (κ1) is 38.3. The van der Waals surface area contributed by atoms with Gasteiger partial charge in [-0.15, -0.1) is 5.10 Å². The summed E-state index contributed by atoms with van der Waals surface area (Å²) in [6.07, 6.45) is 19.9. The Kier molecular flexibility index (Phi) is 12.6. The van der Waals surface area contributed by atoms with Gasteiger partial charge in [0.2, 0.25) is 0 Å². The number of hydrogen-bond acceptors (Lipinski definition) is 9. The monoisotopic (exact) mass is 744 g/mol. The van der Waals surface area contributed by atoms with Crippen molar-refractivity contribution in [1.29, 1.82) is 0 Å². The maximum Gasteiger partial charge on any atom is 0.145 e. The Morgan fingerprint density at radius 2 is 1.35 bits per heavy atom. The van der Waals surface area contributed by atoms with Gasteiger partial charge in [-0.2, -0.15) is 5.10 Å². The van der Waals surface area contributed by atoms with Gasteiger partial charge >= 0.3 is 0 Å². The second-order valence-corrected chi connectivity index (χ2v) is 28.4. The van der Waals surface area contributed by atoms with E-state index < -0.39 is 16.1 Å². The van der Waals surface area contributed by atoms with Crippen LogP contribution in [0.25, 0.3) is 27.6 Å².